The molecule has 2 aromatic rings. The smallest absolute Gasteiger partial charge is 0.265 e. The van der Waals surface area contributed by atoms with Crippen LogP contribution in [0.2, 0.25) is 0 Å². The summed E-state index contributed by atoms with van der Waals surface area (Å²) in [5.41, 5.74) is 0.0275. The van der Waals surface area contributed by atoms with Crippen molar-refractivity contribution in [3.63, 3.8) is 0 Å². The predicted molar refractivity (Wildman–Crippen MR) is 63.6 cm³/mol. The second kappa shape index (κ2) is 6.29. The van der Waals surface area contributed by atoms with Crippen LogP contribution < -0.4 is 0 Å². The minimum Gasteiger partial charge on any atom is -0.507 e. The molecule has 0 saturated heterocycles. The number of alkyl halides is 2. The highest BCUT2D eigenvalue weighted by atomic mass is 19.3. The normalized spacial score (nSPS) is 11.2. The number of benzene rings is 1. The fraction of sp³-hybridized carbons (Fsp3) is 0.333. The van der Waals surface area contributed by atoms with Crippen molar-refractivity contribution in [3.05, 3.63) is 24.0 Å². The van der Waals surface area contributed by atoms with Gasteiger partial charge in [-0.05, 0) is 12.1 Å². The predicted octanol–water partition coefficient (Wildman–Crippen LogP) is 1.97. The quantitative estimate of drug-likeness (QED) is 0.789. The van der Waals surface area contributed by atoms with Crippen LogP contribution in [-0.4, -0.2) is 40.0 Å². The lowest BCUT2D eigenvalue weighted by Crippen LogP contribution is -2.07. The van der Waals surface area contributed by atoms with Crippen LogP contribution in [-0.2, 0) is 11.2 Å². The van der Waals surface area contributed by atoms with Gasteiger partial charge in [-0.2, -0.15) is 4.98 Å². The standard InChI is InChI=1S/C12H12F2N2O4/c13-9(14)6-19-5-4-10-15-12(20-16-10)11-7(17)2-1-3-8(11)18/h1-3,9,17-18H,4-6H2. The Balaban J connectivity index is 2.02. The van der Waals surface area contributed by atoms with Gasteiger partial charge >= 0.3 is 0 Å². The van der Waals surface area contributed by atoms with Crippen LogP contribution in [0, 0.1) is 0 Å². The molecule has 1 heterocycles. The van der Waals surface area contributed by atoms with Gasteiger partial charge in [0.1, 0.15) is 23.7 Å². The maximum absolute atomic E-state index is 11.8. The molecule has 0 fully saturated rings. The molecular formula is C12H12F2N2O4. The van der Waals surface area contributed by atoms with Gasteiger partial charge < -0.3 is 19.5 Å². The van der Waals surface area contributed by atoms with E-state index in [2.05, 4.69) is 10.1 Å². The zero-order valence-corrected chi connectivity index (χ0v) is 10.3. The van der Waals surface area contributed by atoms with Gasteiger partial charge in [0.05, 0.1) is 6.61 Å². The van der Waals surface area contributed by atoms with E-state index in [1.807, 2.05) is 0 Å². The van der Waals surface area contributed by atoms with Crippen LogP contribution >= 0.6 is 0 Å². The number of ether oxygens (including phenoxy) is 1. The number of nitrogens with zero attached hydrogens (tertiary/aromatic N) is 2. The topological polar surface area (TPSA) is 88.6 Å². The fourth-order valence-corrected chi connectivity index (χ4v) is 1.54. The van der Waals surface area contributed by atoms with E-state index in [4.69, 9.17) is 9.26 Å². The Morgan fingerprint density at radius 2 is 1.95 bits per heavy atom. The molecule has 0 unspecified atom stereocenters. The van der Waals surface area contributed by atoms with Crippen LogP contribution in [0.3, 0.4) is 0 Å². The van der Waals surface area contributed by atoms with E-state index in [0.29, 0.717) is 0 Å². The third-order valence-electron chi connectivity index (χ3n) is 2.42. The first-order valence-corrected chi connectivity index (χ1v) is 5.77. The Bertz CT molecular complexity index is 554. The lowest BCUT2D eigenvalue weighted by molar-refractivity contribution is 0.0182. The van der Waals surface area contributed by atoms with Gasteiger partial charge in [0.2, 0.25) is 0 Å². The SMILES string of the molecule is Oc1cccc(O)c1-c1nc(CCOCC(F)F)no1. The van der Waals surface area contributed by atoms with Gasteiger partial charge in [0.15, 0.2) is 5.82 Å². The first-order chi connectivity index (χ1) is 9.58. The molecule has 0 atom stereocenters. The largest absolute Gasteiger partial charge is 0.507 e. The van der Waals surface area contributed by atoms with Crippen molar-refractivity contribution in [1.29, 1.82) is 0 Å². The summed E-state index contributed by atoms with van der Waals surface area (Å²) >= 11 is 0. The minimum atomic E-state index is -2.52. The molecule has 0 aliphatic heterocycles. The van der Waals surface area contributed by atoms with Crippen molar-refractivity contribution in [2.45, 2.75) is 12.8 Å². The third kappa shape index (κ3) is 3.41. The van der Waals surface area contributed by atoms with E-state index in [1.54, 1.807) is 0 Å². The molecule has 0 amide bonds. The average Bonchev–Trinajstić information content (AvgIpc) is 2.83. The van der Waals surface area contributed by atoms with E-state index >= 15 is 0 Å². The monoisotopic (exact) mass is 286 g/mol. The van der Waals surface area contributed by atoms with Crippen LogP contribution in [0.5, 0.6) is 11.5 Å². The number of aromatic hydroxyl groups is 2. The summed E-state index contributed by atoms with van der Waals surface area (Å²) in [6.07, 6.45) is -2.33. The average molecular weight is 286 g/mol. The number of phenolic OH excluding ortho intramolecular Hbond substituents is 2. The molecule has 0 bridgehead atoms. The number of hydrogen-bond donors (Lipinski definition) is 2. The highest BCUT2D eigenvalue weighted by molar-refractivity contribution is 5.69. The van der Waals surface area contributed by atoms with Crippen LogP contribution in [0.25, 0.3) is 11.5 Å². The maximum atomic E-state index is 11.8. The Hall–Kier alpha value is -2.22. The first kappa shape index (κ1) is 14.2. The summed E-state index contributed by atoms with van der Waals surface area (Å²) in [7, 11) is 0. The molecule has 108 valence electrons. The van der Waals surface area contributed by atoms with Crippen LogP contribution in [0.15, 0.2) is 22.7 Å². The zero-order chi connectivity index (χ0) is 14.5. The van der Waals surface area contributed by atoms with E-state index in [1.165, 1.54) is 18.2 Å². The molecule has 0 aliphatic carbocycles. The molecule has 6 nitrogen and oxygen atoms in total. The Morgan fingerprint density at radius 1 is 1.25 bits per heavy atom. The summed E-state index contributed by atoms with van der Waals surface area (Å²) in [5, 5.41) is 22.9. The minimum absolute atomic E-state index is 0.0239. The summed E-state index contributed by atoms with van der Waals surface area (Å²) < 4.78 is 33.3. The second-order valence-corrected chi connectivity index (χ2v) is 3.90. The molecule has 1 aromatic heterocycles. The van der Waals surface area contributed by atoms with Gasteiger partial charge in [-0.25, -0.2) is 8.78 Å². The van der Waals surface area contributed by atoms with E-state index < -0.39 is 13.0 Å². The van der Waals surface area contributed by atoms with Crippen molar-refractivity contribution in [3.8, 4) is 23.0 Å². The lowest BCUT2D eigenvalue weighted by atomic mass is 10.2. The molecule has 20 heavy (non-hydrogen) atoms. The molecule has 2 rings (SSSR count). The summed E-state index contributed by atoms with van der Waals surface area (Å²) in [4.78, 5) is 3.95. The highest BCUT2D eigenvalue weighted by Gasteiger charge is 2.17. The molecule has 8 heteroatoms. The van der Waals surface area contributed by atoms with Gasteiger partial charge in [-0.1, -0.05) is 11.2 Å². The van der Waals surface area contributed by atoms with Crippen molar-refractivity contribution in [2.75, 3.05) is 13.2 Å². The third-order valence-corrected chi connectivity index (χ3v) is 2.42. The van der Waals surface area contributed by atoms with E-state index in [-0.39, 0.29) is 41.8 Å². The number of hydrogen-bond acceptors (Lipinski definition) is 6. The molecule has 0 spiro atoms. The number of phenols is 2. The zero-order valence-electron chi connectivity index (χ0n) is 10.3. The second-order valence-electron chi connectivity index (χ2n) is 3.90. The first-order valence-electron chi connectivity index (χ1n) is 5.77. The van der Waals surface area contributed by atoms with Crippen molar-refractivity contribution >= 4 is 0 Å². The number of rotatable bonds is 6. The molecule has 0 saturated carbocycles. The Kier molecular flexibility index (Phi) is 4.46. The van der Waals surface area contributed by atoms with Gasteiger partial charge in [0, 0.05) is 6.42 Å². The Labute approximate surface area is 112 Å². The van der Waals surface area contributed by atoms with Crippen molar-refractivity contribution in [1.82, 2.24) is 10.1 Å². The molecular weight excluding hydrogens is 274 g/mol. The maximum Gasteiger partial charge on any atom is 0.265 e. The number of halogens is 2. The van der Waals surface area contributed by atoms with Crippen LogP contribution in [0.4, 0.5) is 8.78 Å². The van der Waals surface area contributed by atoms with E-state index in [0.717, 1.165) is 0 Å². The Morgan fingerprint density at radius 3 is 2.60 bits per heavy atom. The molecule has 1 aromatic carbocycles. The number of aromatic nitrogens is 2. The molecule has 0 aliphatic rings. The van der Waals surface area contributed by atoms with Crippen LogP contribution in [0.1, 0.15) is 5.82 Å². The molecule has 2 N–H and O–H groups in total. The summed E-state index contributed by atoms with van der Waals surface area (Å²) in [6, 6.07) is 4.19. The molecule has 0 radical (unpaired) electrons. The lowest BCUT2D eigenvalue weighted by Gasteiger charge is -2.01. The summed E-state index contributed by atoms with van der Waals surface area (Å²) in [5.74, 6) is -0.218. The van der Waals surface area contributed by atoms with Gasteiger partial charge in [-0.3, -0.25) is 0 Å². The van der Waals surface area contributed by atoms with Gasteiger partial charge in [0.25, 0.3) is 12.3 Å². The fourth-order valence-electron chi connectivity index (χ4n) is 1.54. The van der Waals surface area contributed by atoms with E-state index in [9.17, 15) is 19.0 Å². The summed E-state index contributed by atoms with van der Waals surface area (Å²) in [6.45, 7) is -0.624. The highest BCUT2D eigenvalue weighted by Crippen LogP contribution is 2.35. The van der Waals surface area contributed by atoms with Gasteiger partial charge in [-0.15, -0.1) is 0 Å². The van der Waals surface area contributed by atoms with Crippen molar-refractivity contribution in [2.24, 2.45) is 0 Å². The van der Waals surface area contributed by atoms with Crippen molar-refractivity contribution < 1.29 is 28.3 Å².